The molecule has 0 unspecified atom stereocenters. The van der Waals surface area contributed by atoms with Gasteiger partial charge in [-0.25, -0.2) is 0 Å². The number of nitrogens with one attached hydrogen (secondary N) is 1. The molecule has 2 aromatic rings. The van der Waals surface area contributed by atoms with Crippen LogP contribution in [-0.2, 0) is 9.59 Å². The molecule has 1 aromatic heterocycles. The molecule has 27 heavy (non-hydrogen) atoms. The van der Waals surface area contributed by atoms with Crippen molar-refractivity contribution in [2.45, 2.75) is 13.8 Å². The van der Waals surface area contributed by atoms with Crippen molar-refractivity contribution in [3.63, 3.8) is 0 Å². The van der Waals surface area contributed by atoms with Gasteiger partial charge in [0.2, 0.25) is 0 Å². The van der Waals surface area contributed by atoms with E-state index in [-0.39, 0.29) is 16.4 Å². The number of rotatable bonds is 4. The molecular formula is C18H15N3O5S. The Morgan fingerprint density at radius 1 is 1.30 bits per heavy atom. The number of benzene rings is 1. The molecule has 1 N–H and O–H groups in total. The number of carbonyl (C=O) groups excluding carboxylic acids is 2. The summed E-state index contributed by atoms with van der Waals surface area (Å²) in [6.07, 6.45) is 1.35. The van der Waals surface area contributed by atoms with Crippen molar-refractivity contribution in [1.82, 2.24) is 10.2 Å². The zero-order valence-corrected chi connectivity index (χ0v) is 15.3. The summed E-state index contributed by atoms with van der Waals surface area (Å²) in [7, 11) is 0. The van der Waals surface area contributed by atoms with E-state index < -0.39 is 16.7 Å². The Kier molecular flexibility index (Phi) is 4.87. The van der Waals surface area contributed by atoms with Crippen LogP contribution in [-0.4, -0.2) is 33.3 Å². The molecule has 9 heteroatoms. The van der Waals surface area contributed by atoms with Gasteiger partial charge in [0.1, 0.15) is 17.1 Å². The maximum Gasteiger partial charge on any atom is 0.269 e. The summed E-state index contributed by atoms with van der Waals surface area (Å²) in [4.78, 5) is 36.2. The highest BCUT2D eigenvalue weighted by Gasteiger charge is 2.32. The lowest BCUT2D eigenvalue weighted by Gasteiger charge is -2.27. The summed E-state index contributed by atoms with van der Waals surface area (Å²) in [5, 5.41) is 13.4. The Morgan fingerprint density at radius 2 is 2.04 bits per heavy atom. The van der Waals surface area contributed by atoms with Crippen LogP contribution in [0.5, 0.6) is 0 Å². The SMILES string of the molecule is CCN1C(=O)/C(=C\c2ccc(-c3ccc([N+](=O)[O-])cc3C)o2)C(=O)NC1=S. The highest BCUT2D eigenvalue weighted by Crippen LogP contribution is 2.29. The summed E-state index contributed by atoms with van der Waals surface area (Å²) in [6, 6.07) is 7.73. The Balaban J connectivity index is 1.93. The molecule has 2 heterocycles. The van der Waals surface area contributed by atoms with Gasteiger partial charge in [-0.2, -0.15) is 0 Å². The van der Waals surface area contributed by atoms with Crippen LogP contribution < -0.4 is 5.32 Å². The second-order valence-electron chi connectivity index (χ2n) is 5.83. The smallest absolute Gasteiger partial charge is 0.269 e. The zero-order chi connectivity index (χ0) is 19.7. The van der Waals surface area contributed by atoms with Crippen molar-refractivity contribution in [2.24, 2.45) is 0 Å². The molecule has 0 atom stereocenters. The number of nitro benzene ring substituents is 1. The number of nitro groups is 1. The minimum Gasteiger partial charge on any atom is -0.457 e. The number of non-ortho nitro benzene ring substituents is 1. The summed E-state index contributed by atoms with van der Waals surface area (Å²) < 4.78 is 5.72. The van der Waals surface area contributed by atoms with Gasteiger partial charge in [0.05, 0.1) is 4.92 Å². The van der Waals surface area contributed by atoms with Crippen molar-refractivity contribution in [1.29, 1.82) is 0 Å². The van der Waals surface area contributed by atoms with E-state index >= 15 is 0 Å². The minimum absolute atomic E-state index is 0.00903. The molecule has 1 aliphatic rings. The average molecular weight is 385 g/mol. The van der Waals surface area contributed by atoms with E-state index in [1.807, 2.05) is 0 Å². The minimum atomic E-state index is -0.584. The number of furan rings is 1. The molecule has 0 saturated carbocycles. The van der Waals surface area contributed by atoms with Crippen molar-refractivity contribution in [2.75, 3.05) is 6.54 Å². The predicted octanol–water partition coefficient (Wildman–Crippen LogP) is 2.81. The molecule has 8 nitrogen and oxygen atoms in total. The first-order valence-electron chi connectivity index (χ1n) is 8.06. The van der Waals surface area contributed by atoms with E-state index in [0.29, 0.717) is 29.2 Å². The lowest BCUT2D eigenvalue weighted by atomic mass is 10.1. The summed E-state index contributed by atoms with van der Waals surface area (Å²) in [5.41, 5.74) is 1.27. The maximum atomic E-state index is 12.4. The fraction of sp³-hybridized carbons (Fsp3) is 0.167. The molecule has 0 spiro atoms. The second kappa shape index (κ2) is 7.12. The first-order valence-corrected chi connectivity index (χ1v) is 8.46. The van der Waals surface area contributed by atoms with Crippen LogP contribution in [0.2, 0.25) is 0 Å². The van der Waals surface area contributed by atoms with Crippen LogP contribution in [0.4, 0.5) is 5.69 Å². The van der Waals surface area contributed by atoms with Gasteiger partial charge >= 0.3 is 0 Å². The fourth-order valence-electron chi connectivity index (χ4n) is 2.74. The van der Waals surface area contributed by atoms with Crippen LogP contribution in [0.25, 0.3) is 17.4 Å². The average Bonchev–Trinajstić information content (AvgIpc) is 3.07. The van der Waals surface area contributed by atoms with Crippen LogP contribution >= 0.6 is 12.2 Å². The van der Waals surface area contributed by atoms with Gasteiger partial charge in [-0.15, -0.1) is 0 Å². The fourth-order valence-corrected chi connectivity index (χ4v) is 3.04. The third-order valence-corrected chi connectivity index (χ3v) is 4.42. The Hall–Kier alpha value is -3.33. The lowest BCUT2D eigenvalue weighted by Crippen LogP contribution is -2.53. The molecule has 0 aliphatic carbocycles. The van der Waals surface area contributed by atoms with E-state index in [2.05, 4.69) is 5.32 Å². The van der Waals surface area contributed by atoms with Crippen molar-refractivity contribution in [3.8, 4) is 11.3 Å². The Labute approximate surface area is 159 Å². The number of amides is 2. The maximum absolute atomic E-state index is 12.4. The molecule has 3 rings (SSSR count). The van der Waals surface area contributed by atoms with Gasteiger partial charge in [-0.3, -0.25) is 29.9 Å². The first-order chi connectivity index (χ1) is 12.8. The van der Waals surface area contributed by atoms with Crippen molar-refractivity contribution < 1.29 is 18.9 Å². The number of likely N-dealkylation sites (N-methyl/N-ethyl adjacent to an activating group) is 1. The number of carbonyl (C=O) groups is 2. The molecular weight excluding hydrogens is 370 g/mol. The topological polar surface area (TPSA) is 106 Å². The normalized spacial score (nSPS) is 16.0. The quantitative estimate of drug-likeness (QED) is 0.285. The largest absolute Gasteiger partial charge is 0.457 e. The van der Waals surface area contributed by atoms with E-state index in [9.17, 15) is 19.7 Å². The number of aryl methyl sites for hydroxylation is 1. The predicted molar refractivity (Wildman–Crippen MR) is 102 cm³/mol. The Morgan fingerprint density at radius 3 is 2.67 bits per heavy atom. The molecule has 138 valence electrons. The van der Waals surface area contributed by atoms with Crippen LogP contribution in [0.15, 0.2) is 40.3 Å². The summed E-state index contributed by atoms with van der Waals surface area (Å²) in [5.74, 6) is -0.291. The summed E-state index contributed by atoms with van der Waals surface area (Å²) in [6.45, 7) is 3.82. The number of thiocarbonyl (C=S) groups is 1. The number of nitrogens with zero attached hydrogens (tertiary/aromatic N) is 2. The van der Waals surface area contributed by atoms with Crippen LogP contribution in [0.1, 0.15) is 18.2 Å². The zero-order valence-electron chi connectivity index (χ0n) is 14.5. The number of hydrogen-bond acceptors (Lipinski definition) is 6. The van der Waals surface area contributed by atoms with Gasteiger partial charge < -0.3 is 4.42 Å². The van der Waals surface area contributed by atoms with E-state index in [0.717, 1.165) is 0 Å². The molecule has 1 saturated heterocycles. The second-order valence-corrected chi connectivity index (χ2v) is 6.21. The molecule has 0 radical (unpaired) electrons. The highest BCUT2D eigenvalue weighted by molar-refractivity contribution is 7.80. The van der Waals surface area contributed by atoms with E-state index in [1.54, 1.807) is 32.0 Å². The van der Waals surface area contributed by atoms with E-state index in [4.69, 9.17) is 16.6 Å². The summed E-state index contributed by atoms with van der Waals surface area (Å²) >= 11 is 4.98. The van der Waals surface area contributed by atoms with E-state index in [1.165, 1.54) is 23.1 Å². The van der Waals surface area contributed by atoms with Gasteiger partial charge in [0.25, 0.3) is 17.5 Å². The van der Waals surface area contributed by atoms with Gasteiger partial charge in [0, 0.05) is 24.2 Å². The monoisotopic (exact) mass is 385 g/mol. The lowest BCUT2D eigenvalue weighted by molar-refractivity contribution is -0.384. The van der Waals surface area contributed by atoms with Crippen molar-refractivity contribution in [3.05, 3.63) is 57.3 Å². The molecule has 1 aromatic carbocycles. The molecule has 0 bridgehead atoms. The van der Waals surface area contributed by atoms with Gasteiger partial charge in [-0.05, 0) is 55.9 Å². The van der Waals surface area contributed by atoms with Crippen molar-refractivity contribution >= 4 is 40.9 Å². The first kappa shape index (κ1) is 18.5. The highest BCUT2D eigenvalue weighted by atomic mass is 32.1. The number of hydrogen-bond donors (Lipinski definition) is 1. The van der Waals surface area contributed by atoms with Gasteiger partial charge in [-0.1, -0.05) is 0 Å². The standard InChI is InChI=1S/C18H15N3O5S/c1-3-20-17(23)14(16(22)19-18(20)27)9-12-5-7-15(26-12)13-6-4-11(21(24)25)8-10(13)2/h4-9H,3H2,1-2H3,(H,19,22,27)/b14-9-. The van der Waals surface area contributed by atoms with Gasteiger partial charge in [0.15, 0.2) is 5.11 Å². The third-order valence-electron chi connectivity index (χ3n) is 4.10. The van der Waals surface area contributed by atoms with Crippen LogP contribution in [0, 0.1) is 17.0 Å². The molecule has 2 amide bonds. The van der Waals surface area contributed by atoms with Crippen LogP contribution in [0.3, 0.4) is 0 Å². The Bertz CT molecular complexity index is 1010. The molecule has 1 fully saturated rings. The molecule has 1 aliphatic heterocycles. The third kappa shape index (κ3) is 3.49.